The Bertz CT molecular complexity index is 683. The molecule has 0 spiro atoms. The van der Waals surface area contributed by atoms with Crippen molar-refractivity contribution in [3.05, 3.63) is 29.5 Å². The Morgan fingerprint density at radius 3 is 2.83 bits per heavy atom. The van der Waals surface area contributed by atoms with Crippen LogP contribution in [-0.2, 0) is 9.53 Å². The topological polar surface area (TPSA) is 60.0 Å². The normalized spacial score (nSPS) is 22.2. The van der Waals surface area contributed by atoms with Crippen LogP contribution in [0.25, 0.3) is 6.08 Å². The first kappa shape index (κ1) is 16.7. The molecule has 0 radical (unpaired) electrons. The van der Waals surface area contributed by atoms with Crippen LogP contribution in [-0.4, -0.2) is 49.4 Å². The molecule has 2 heterocycles. The molecule has 1 amide bonds. The van der Waals surface area contributed by atoms with Crippen LogP contribution in [0.2, 0.25) is 0 Å². The van der Waals surface area contributed by atoms with E-state index in [0.717, 1.165) is 25.0 Å². The summed E-state index contributed by atoms with van der Waals surface area (Å²) in [5.41, 5.74) is 1.27. The first-order chi connectivity index (χ1) is 11.6. The predicted molar refractivity (Wildman–Crippen MR) is 93.9 cm³/mol. The lowest BCUT2D eigenvalue weighted by atomic mass is 10.1. The van der Waals surface area contributed by atoms with Crippen molar-refractivity contribution in [1.82, 2.24) is 10.2 Å². The van der Waals surface area contributed by atoms with Crippen molar-refractivity contribution < 1.29 is 19.0 Å². The number of benzene rings is 1. The van der Waals surface area contributed by atoms with E-state index >= 15 is 0 Å². The van der Waals surface area contributed by atoms with Gasteiger partial charge in [-0.1, -0.05) is 6.07 Å². The molecular formula is C17H20N2O4S. The maximum atomic E-state index is 12.6. The predicted octanol–water partition coefficient (Wildman–Crippen LogP) is 1.94. The average molecular weight is 348 g/mol. The second-order valence-corrected chi connectivity index (χ2v) is 6.04. The third-order valence-electron chi connectivity index (χ3n) is 4.09. The van der Waals surface area contributed by atoms with Crippen LogP contribution < -0.4 is 14.8 Å². The van der Waals surface area contributed by atoms with Gasteiger partial charge in [-0.15, -0.1) is 0 Å². The molecule has 1 aromatic rings. The highest BCUT2D eigenvalue weighted by molar-refractivity contribution is 7.80. The molecule has 0 bridgehead atoms. The molecule has 2 aliphatic heterocycles. The Labute approximate surface area is 146 Å². The molecule has 0 saturated carbocycles. The minimum Gasteiger partial charge on any atom is -0.493 e. The summed E-state index contributed by atoms with van der Waals surface area (Å²) in [7, 11) is 3.16. The zero-order valence-electron chi connectivity index (χ0n) is 13.7. The maximum Gasteiger partial charge on any atom is 0.276 e. The average Bonchev–Trinajstić information content (AvgIpc) is 3.19. The number of carbonyl (C=O) groups is 1. The highest BCUT2D eigenvalue weighted by atomic mass is 32.1. The molecular weight excluding hydrogens is 328 g/mol. The second-order valence-electron chi connectivity index (χ2n) is 5.65. The molecule has 2 aliphatic rings. The van der Waals surface area contributed by atoms with E-state index in [1.165, 1.54) is 0 Å². The van der Waals surface area contributed by atoms with Gasteiger partial charge in [-0.3, -0.25) is 9.69 Å². The number of nitrogens with zero attached hydrogens (tertiary/aromatic N) is 1. The Kier molecular flexibility index (Phi) is 5.01. The summed E-state index contributed by atoms with van der Waals surface area (Å²) < 4.78 is 16.1. The first-order valence-electron chi connectivity index (χ1n) is 7.80. The van der Waals surface area contributed by atoms with E-state index in [0.29, 0.717) is 28.9 Å². The highest BCUT2D eigenvalue weighted by Crippen LogP contribution is 2.29. The third kappa shape index (κ3) is 3.37. The minimum atomic E-state index is -0.134. The summed E-state index contributed by atoms with van der Waals surface area (Å²) in [6.45, 7) is 1.25. The van der Waals surface area contributed by atoms with Crippen molar-refractivity contribution in [2.45, 2.75) is 18.9 Å². The standard InChI is InChI=1S/C17H20N2O4S/c1-21-14-6-5-11(9-15(14)22-2)8-13-16(20)19(17(24)18-13)10-12-4-3-7-23-12/h5-6,8-9,12H,3-4,7,10H2,1-2H3,(H,18,24)/b13-8-/t12-/m0/s1. The van der Waals surface area contributed by atoms with E-state index in [-0.39, 0.29) is 12.0 Å². The first-order valence-corrected chi connectivity index (χ1v) is 8.21. The molecule has 0 unspecified atom stereocenters. The number of rotatable bonds is 5. The summed E-state index contributed by atoms with van der Waals surface area (Å²) in [4.78, 5) is 14.1. The molecule has 3 rings (SSSR count). The fourth-order valence-corrected chi connectivity index (χ4v) is 3.11. The molecule has 128 valence electrons. The van der Waals surface area contributed by atoms with Gasteiger partial charge < -0.3 is 19.5 Å². The Morgan fingerprint density at radius 2 is 2.17 bits per heavy atom. The van der Waals surface area contributed by atoms with Crippen LogP contribution >= 0.6 is 12.2 Å². The van der Waals surface area contributed by atoms with Crippen LogP contribution in [0.5, 0.6) is 11.5 Å². The van der Waals surface area contributed by atoms with E-state index in [4.69, 9.17) is 26.4 Å². The largest absolute Gasteiger partial charge is 0.493 e. The second kappa shape index (κ2) is 7.19. The van der Waals surface area contributed by atoms with Gasteiger partial charge in [-0.05, 0) is 48.8 Å². The van der Waals surface area contributed by atoms with E-state index < -0.39 is 0 Å². The lowest BCUT2D eigenvalue weighted by Crippen LogP contribution is -2.37. The molecule has 2 fully saturated rings. The summed E-state index contributed by atoms with van der Waals surface area (Å²) in [6.07, 6.45) is 3.81. The van der Waals surface area contributed by atoms with Gasteiger partial charge in [0.1, 0.15) is 5.70 Å². The summed E-state index contributed by atoms with van der Waals surface area (Å²) >= 11 is 5.29. The van der Waals surface area contributed by atoms with E-state index in [2.05, 4.69) is 5.32 Å². The molecule has 0 aromatic heterocycles. The van der Waals surface area contributed by atoms with Crippen LogP contribution in [0.3, 0.4) is 0 Å². The third-order valence-corrected chi connectivity index (χ3v) is 4.41. The van der Waals surface area contributed by atoms with Gasteiger partial charge in [0.15, 0.2) is 16.6 Å². The number of nitrogens with one attached hydrogen (secondary N) is 1. The fourth-order valence-electron chi connectivity index (χ4n) is 2.84. The SMILES string of the molecule is COc1ccc(/C=C2\NC(=S)N(C[C@@H]3CCCO3)C2=O)cc1OC. The molecule has 1 aromatic carbocycles. The lowest BCUT2D eigenvalue weighted by molar-refractivity contribution is -0.123. The van der Waals surface area contributed by atoms with Crippen molar-refractivity contribution in [1.29, 1.82) is 0 Å². The maximum absolute atomic E-state index is 12.6. The van der Waals surface area contributed by atoms with Crippen molar-refractivity contribution in [2.24, 2.45) is 0 Å². The molecule has 2 saturated heterocycles. The van der Waals surface area contributed by atoms with Gasteiger partial charge in [0.25, 0.3) is 5.91 Å². The van der Waals surface area contributed by atoms with Gasteiger partial charge in [0.05, 0.1) is 26.9 Å². The van der Waals surface area contributed by atoms with Gasteiger partial charge in [0.2, 0.25) is 0 Å². The van der Waals surface area contributed by atoms with Crippen LogP contribution in [0.15, 0.2) is 23.9 Å². The van der Waals surface area contributed by atoms with Crippen molar-refractivity contribution in [3.63, 3.8) is 0 Å². The van der Waals surface area contributed by atoms with Crippen LogP contribution in [0, 0.1) is 0 Å². The number of hydrogen-bond donors (Lipinski definition) is 1. The van der Waals surface area contributed by atoms with Crippen molar-refractivity contribution in [3.8, 4) is 11.5 Å². The van der Waals surface area contributed by atoms with Crippen molar-refractivity contribution in [2.75, 3.05) is 27.4 Å². The summed E-state index contributed by atoms with van der Waals surface area (Å²) in [6, 6.07) is 5.47. The molecule has 24 heavy (non-hydrogen) atoms. The lowest BCUT2D eigenvalue weighted by Gasteiger charge is -2.18. The van der Waals surface area contributed by atoms with Gasteiger partial charge in [-0.2, -0.15) is 0 Å². The van der Waals surface area contributed by atoms with Gasteiger partial charge in [0, 0.05) is 6.61 Å². The number of methoxy groups -OCH3 is 2. The number of amides is 1. The number of ether oxygens (including phenoxy) is 3. The molecule has 6 nitrogen and oxygen atoms in total. The Morgan fingerprint density at radius 1 is 1.38 bits per heavy atom. The monoisotopic (exact) mass is 348 g/mol. The minimum absolute atomic E-state index is 0.0640. The van der Waals surface area contributed by atoms with E-state index in [9.17, 15) is 4.79 Å². The Balaban J connectivity index is 1.78. The number of hydrogen-bond acceptors (Lipinski definition) is 5. The van der Waals surface area contributed by atoms with Crippen LogP contribution in [0.1, 0.15) is 18.4 Å². The molecule has 1 N–H and O–H groups in total. The smallest absolute Gasteiger partial charge is 0.276 e. The van der Waals surface area contributed by atoms with Gasteiger partial charge in [-0.25, -0.2) is 0 Å². The van der Waals surface area contributed by atoms with Crippen LogP contribution in [0.4, 0.5) is 0 Å². The summed E-state index contributed by atoms with van der Waals surface area (Å²) in [5, 5.41) is 3.40. The Hall–Kier alpha value is -2.12. The van der Waals surface area contributed by atoms with Crippen molar-refractivity contribution >= 4 is 29.3 Å². The van der Waals surface area contributed by atoms with E-state index in [1.807, 2.05) is 12.1 Å². The van der Waals surface area contributed by atoms with E-state index in [1.54, 1.807) is 31.3 Å². The zero-order valence-corrected chi connectivity index (χ0v) is 14.5. The number of thiocarbonyl (C=S) groups is 1. The summed E-state index contributed by atoms with van der Waals surface area (Å²) in [5.74, 6) is 1.11. The number of carbonyl (C=O) groups excluding carboxylic acids is 1. The molecule has 1 atom stereocenters. The quantitative estimate of drug-likeness (QED) is 0.648. The molecule has 0 aliphatic carbocycles. The van der Waals surface area contributed by atoms with Gasteiger partial charge >= 0.3 is 0 Å². The highest BCUT2D eigenvalue weighted by Gasteiger charge is 2.33. The molecule has 7 heteroatoms. The fraction of sp³-hybridized carbons (Fsp3) is 0.412. The zero-order chi connectivity index (χ0) is 17.1.